The number of para-hydroxylation sites is 1. The Hall–Kier alpha value is -2.96. The molecule has 0 bridgehead atoms. The summed E-state index contributed by atoms with van der Waals surface area (Å²) in [6.07, 6.45) is 0. The quantitative estimate of drug-likeness (QED) is 0.669. The molecule has 2 aromatic rings. The van der Waals surface area contributed by atoms with Crippen molar-refractivity contribution in [1.82, 2.24) is 0 Å². The van der Waals surface area contributed by atoms with Crippen LogP contribution in [0.3, 0.4) is 0 Å². The molecule has 0 aliphatic heterocycles. The van der Waals surface area contributed by atoms with Crippen LogP contribution in [0.15, 0.2) is 42.5 Å². The minimum atomic E-state index is -0.746. The zero-order valence-electron chi connectivity index (χ0n) is 11.1. The monoisotopic (exact) mass is 289 g/mol. The lowest BCUT2D eigenvalue weighted by Crippen LogP contribution is -2.15. The van der Waals surface area contributed by atoms with Crippen LogP contribution in [0.2, 0.25) is 0 Å². The van der Waals surface area contributed by atoms with E-state index in [1.165, 1.54) is 36.4 Å². The second kappa shape index (κ2) is 6.00. The summed E-state index contributed by atoms with van der Waals surface area (Å²) in [5.74, 6) is -1.36. The summed E-state index contributed by atoms with van der Waals surface area (Å²) < 4.78 is 13.5. The summed E-state index contributed by atoms with van der Waals surface area (Å²) in [6, 6.07) is 9.65. The molecule has 2 aromatic carbocycles. The summed E-state index contributed by atoms with van der Waals surface area (Å²) in [7, 11) is 1.62. The molecular weight excluding hydrogens is 277 g/mol. The normalized spacial score (nSPS) is 10.0. The van der Waals surface area contributed by atoms with Gasteiger partial charge in [0.25, 0.3) is 11.6 Å². The SMILES string of the molecule is CNc1ccc([N+](=O)[O-])c(C(=O)Nc2ccccc2F)c1. The van der Waals surface area contributed by atoms with Gasteiger partial charge in [0, 0.05) is 18.8 Å². The Morgan fingerprint density at radius 3 is 2.57 bits per heavy atom. The molecule has 108 valence electrons. The molecule has 2 N–H and O–H groups in total. The zero-order chi connectivity index (χ0) is 15.4. The lowest BCUT2D eigenvalue weighted by Gasteiger charge is -2.08. The van der Waals surface area contributed by atoms with Crippen LogP contribution in [0.4, 0.5) is 21.5 Å². The van der Waals surface area contributed by atoms with Gasteiger partial charge in [-0.3, -0.25) is 14.9 Å². The second-order valence-electron chi connectivity index (χ2n) is 4.17. The van der Waals surface area contributed by atoms with Crippen molar-refractivity contribution in [1.29, 1.82) is 0 Å². The van der Waals surface area contributed by atoms with Crippen LogP contribution in [-0.2, 0) is 0 Å². The molecule has 0 saturated carbocycles. The molecule has 7 heteroatoms. The molecular formula is C14H12FN3O3. The molecule has 0 aliphatic rings. The minimum absolute atomic E-state index is 0.0355. The summed E-state index contributed by atoms with van der Waals surface area (Å²) in [5, 5.41) is 16.1. The zero-order valence-corrected chi connectivity index (χ0v) is 11.1. The molecule has 0 atom stereocenters. The Balaban J connectivity index is 2.38. The highest BCUT2D eigenvalue weighted by atomic mass is 19.1. The van der Waals surface area contributed by atoms with Crippen LogP contribution < -0.4 is 10.6 Å². The van der Waals surface area contributed by atoms with Gasteiger partial charge < -0.3 is 10.6 Å². The number of nitro groups is 1. The maximum atomic E-state index is 13.5. The molecule has 0 unspecified atom stereocenters. The van der Waals surface area contributed by atoms with E-state index >= 15 is 0 Å². The number of rotatable bonds is 4. The van der Waals surface area contributed by atoms with Crippen LogP contribution >= 0.6 is 0 Å². The molecule has 6 nitrogen and oxygen atoms in total. The smallest absolute Gasteiger partial charge is 0.282 e. The van der Waals surface area contributed by atoms with Gasteiger partial charge >= 0.3 is 0 Å². The van der Waals surface area contributed by atoms with E-state index in [9.17, 15) is 19.3 Å². The molecule has 0 saturated heterocycles. The van der Waals surface area contributed by atoms with E-state index in [-0.39, 0.29) is 16.9 Å². The number of amides is 1. The molecule has 1 amide bonds. The van der Waals surface area contributed by atoms with Crippen molar-refractivity contribution in [2.45, 2.75) is 0 Å². The van der Waals surface area contributed by atoms with Gasteiger partial charge in [0.15, 0.2) is 0 Å². The van der Waals surface area contributed by atoms with Crippen molar-refractivity contribution in [2.24, 2.45) is 0 Å². The number of nitrogens with zero attached hydrogens (tertiary/aromatic N) is 1. The predicted molar refractivity (Wildman–Crippen MR) is 77.0 cm³/mol. The van der Waals surface area contributed by atoms with Crippen LogP contribution in [-0.4, -0.2) is 17.9 Å². The highest BCUT2D eigenvalue weighted by molar-refractivity contribution is 6.07. The second-order valence-corrected chi connectivity index (χ2v) is 4.17. The van der Waals surface area contributed by atoms with Crippen molar-refractivity contribution in [3.8, 4) is 0 Å². The summed E-state index contributed by atoms with van der Waals surface area (Å²) >= 11 is 0. The number of nitrogens with one attached hydrogen (secondary N) is 2. The first-order valence-corrected chi connectivity index (χ1v) is 6.05. The Labute approximate surface area is 119 Å². The number of anilines is 2. The topological polar surface area (TPSA) is 84.3 Å². The lowest BCUT2D eigenvalue weighted by atomic mass is 10.1. The molecule has 0 radical (unpaired) electrons. The number of hydrogen-bond donors (Lipinski definition) is 2. The number of hydrogen-bond acceptors (Lipinski definition) is 4. The third-order valence-electron chi connectivity index (χ3n) is 2.85. The van der Waals surface area contributed by atoms with Crippen LogP contribution in [0.25, 0.3) is 0 Å². The molecule has 0 heterocycles. The number of nitro benzene ring substituents is 1. The molecule has 0 aromatic heterocycles. The van der Waals surface area contributed by atoms with Crippen LogP contribution in [0, 0.1) is 15.9 Å². The first-order valence-electron chi connectivity index (χ1n) is 6.05. The van der Waals surface area contributed by atoms with Crippen molar-refractivity contribution in [2.75, 3.05) is 17.7 Å². The van der Waals surface area contributed by atoms with Gasteiger partial charge in [-0.2, -0.15) is 0 Å². The third-order valence-corrected chi connectivity index (χ3v) is 2.85. The molecule has 0 fully saturated rings. The van der Waals surface area contributed by atoms with E-state index in [2.05, 4.69) is 10.6 Å². The Morgan fingerprint density at radius 2 is 1.95 bits per heavy atom. The van der Waals surface area contributed by atoms with Gasteiger partial charge in [-0.15, -0.1) is 0 Å². The first-order chi connectivity index (χ1) is 10.0. The number of benzene rings is 2. The molecule has 2 rings (SSSR count). The van der Waals surface area contributed by atoms with Gasteiger partial charge in [-0.1, -0.05) is 12.1 Å². The van der Waals surface area contributed by atoms with Gasteiger partial charge in [-0.25, -0.2) is 4.39 Å². The van der Waals surface area contributed by atoms with Gasteiger partial charge in [0.05, 0.1) is 10.6 Å². The molecule has 21 heavy (non-hydrogen) atoms. The molecule has 0 aliphatic carbocycles. The fourth-order valence-electron chi connectivity index (χ4n) is 1.78. The number of carbonyl (C=O) groups is 1. The van der Waals surface area contributed by atoms with Crippen LogP contribution in [0.5, 0.6) is 0 Å². The Bertz CT molecular complexity index is 704. The van der Waals surface area contributed by atoms with Crippen molar-refractivity contribution >= 4 is 23.0 Å². The van der Waals surface area contributed by atoms with E-state index in [0.717, 1.165) is 0 Å². The Kier molecular flexibility index (Phi) is 4.13. The maximum Gasteiger partial charge on any atom is 0.282 e. The first kappa shape index (κ1) is 14.4. The fourth-order valence-corrected chi connectivity index (χ4v) is 1.78. The van der Waals surface area contributed by atoms with Crippen LogP contribution in [0.1, 0.15) is 10.4 Å². The highest BCUT2D eigenvalue weighted by Crippen LogP contribution is 2.24. The van der Waals surface area contributed by atoms with Gasteiger partial charge in [-0.05, 0) is 24.3 Å². The standard InChI is InChI=1S/C14H12FN3O3/c1-16-9-6-7-13(18(20)21)10(8-9)14(19)17-12-5-3-2-4-11(12)15/h2-8,16H,1H3,(H,17,19). The van der Waals surface area contributed by atoms with Gasteiger partial charge in [0.1, 0.15) is 11.4 Å². The summed E-state index contributed by atoms with van der Waals surface area (Å²) in [4.78, 5) is 22.5. The van der Waals surface area contributed by atoms with Crippen molar-refractivity contribution < 1.29 is 14.1 Å². The van der Waals surface area contributed by atoms with Crippen molar-refractivity contribution in [3.05, 3.63) is 64.0 Å². The fraction of sp³-hybridized carbons (Fsp3) is 0.0714. The van der Waals surface area contributed by atoms with E-state index in [1.807, 2.05) is 0 Å². The van der Waals surface area contributed by atoms with E-state index in [0.29, 0.717) is 5.69 Å². The van der Waals surface area contributed by atoms with E-state index in [1.54, 1.807) is 13.1 Å². The van der Waals surface area contributed by atoms with Gasteiger partial charge in [0.2, 0.25) is 0 Å². The Morgan fingerprint density at radius 1 is 1.24 bits per heavy atom. The van der Waals surface area contributed by atoms with E-state index in [4.69, 9.17) is 0 Å². The average molecular weight is 289 g/mol. The third kappa shape index (κ3) is 3.14. The van der Waals surface area contributed by atoms with E-state index < -0.39 is 16.6 Å². The number of halogens is 1. The molecule has 0 spiro atoms. The summed E-state index contributed by atoms with van der Waals surface area (Å²) in [5.41, 5.74) is 0.0175. The largest absolute Gasteiger partial charge is 0.388 e. The number of carbonyl (C=O) groups excluding carboxylic acids is 1. The predicted octanol–water partition coefficient (Wildman–Crippen LogP) is 3.03. The highest BCUT2D eigenvalue weighted by Gasteiger charge is 2.21. The minimum Gasteiger partial charge on any atom is -0.388 e. The average Bonchev–Trinajstić information content (AvgIpc) is 2.48. The maximum absolute atomic E-state index is 13.5. The summed E-state index contributed by atoms with van der Waals surface area (Å²) in [6.45, 7) is 0. The lowest BCUT2D eigenvalue weighted by molar-refractivity contribution is -0.385. The van der Waals surface area contributed by atoms with Crippen molar-refractivity contribution in [3.63, 3.8) is 0 Å².